The van der Waals surface area contributed by atoms with Crippen LogP contribution in [0.15, 0.2) is 24.3 Å². The summed E-state index contributed by atoms with van der Waals surface area (Å²) in [7, 11) is 0. The van der Waals surface area contributed by atoms with Crippen molar-refractivity contribution in [3.8, 4) is 5.75 Å². The van der Waals surface area contributed by atoms with Crippen LogP contribution >= 0.6 is 0 Å². The summed E-state index contributed by atoms with van der Waals surface area (Å²) in [5, 5.41) is 3.58. The molecule has 0 amide bonds. The number of benzene rings is 1. The van der Waals surface area contributed by atoms with Crippen LogP contribution in [0.4, 0.5) is 5.69 Å². The Morgan fingerprint density at radius 3 is 3.00 bits per heavy atom. The quantitative estimate of drug-likeness (QED) is 0.796. The Morgan fingerprint density at radius 2 is 2.11 bits per heavy atom. The van der Waals surface area contributed by atoms with E-state index in [1.54, 1.807) is 0 Å². The zero-order valence-corrected chi connectivity index (χ0v) is 11.6. The average Bonchev–Trinajstić information content (AvgIpc) is 3.26. The van der Waals surface area contributed by atoms with Gasteiger partial charge in [0.05, 0.1) is 12.3 Å². The maximum atomic E-state index is 5.79. The number of ether oxygens (including phenoxy) is 1. The number of hydrogen-bond acceptors (Lipinski definition) is 3. The number of hydrogen-bond donors (Lipinski definition) is 1. The SMILES string of the molecule is c1ccc2c(c1)OCCCN2CCCCNC1CC1. The highest BCUT2D eigenvalue weighted by Crippen LogP contribution is 2.30. The lowest BCUT2D eigenvalue weighted by molar-refractivity contribution is 0.322. The van der Waals surface area contributed by atoms with Crippen molar-refractivity contribution in [3.63, 3.8) is 0 Å². The second-order valence-electron chi connectivity index (χ2n) is 5.59. The van der Waals surface area contributed by atoms with E-state index in [9.17, 15) is 0 Å². The third-order valence-electron chi connectivity index (χ3n) is 3.90. The molecule has 0 radical (unpaired) electrons. The maximum Gasteiger partial charge on any atom is 0.142 e. The molecule has 0 unspecified atom stereocenters. The van der Waals surface area contributed by atoms with Crippen LogP contribution in [0.3, 0.4) is 0 Å². The molecule has 3 heteroatoms. The van der Waals surface area contributed by atoms with Gasteiger partial charge < -0.3 is 15.0 Å². The van der Waals surface area contributed by atoms with Gasteiger partial charge in [-0.2, -0.15) is 0 Å². The summed E-state index contributed by atoms with van der Waals surface area (Å²) < 4.78 is 5.79. The Hall–Kier alpha value is -1.22. The first-order valence-corrected chi connectivity index (χ1v) is 7.63. The largest absolute Gasteiger partial charge is 0.491 e. The minimum absolute atomic E-state index is 0.840. The minimum Gasteiger partial charge on any atom is -0.491 e. The molecule has 0 aromatic heterocycles. The van der Waals surface area contributed by atoms with E-state index in [0.29, 0.717) is 0 Å². The number of nitrogens with one attached hydrogen (secondary N) is 1. The van der Waals surface area contributed by atoms with E-state index in [2.05, 4.69) is 34.5 Å². The summed E-state index contributed by atoms with van der Waals surface area (Å²) in [6.45, 7) is 4.28. The number of fused-ring (bicyclic) bond motifs is 1. The van der Waals surface area contributed by atoms with Crippen molar-refractivity contribution in [2.45, 2.75) is 38.1 Å². The summed E-state index contributed by atoms with van der Waals surface area (Å²) in [4.78, 5) is 2.49. The summed E-state index contributed by atoms with van der Waals surface area (Å²) in [6.07, 6.45) is 6.42. The molecule has 1 aliphatic heterocycles. The predicted octanol–water partition coefficient (Wildman–Crippen LogP) is 2.81. The minimum atomic E-state index is 0.840. The van der Waals surface area contributed by atoms with Gasteiger partial charge in [0, 0.05) is 19.1 Å². The Balaban J connectivity index is 1.48. The first-order chi connectivity index (χ1) is 9.43. The molecule has 2 aliphatic rings. The first-order valence-electron chi connectivity index (χ1n) is 7.63. The third kappa shape index (κ3) is 3.63. The van der Waals surface area contributed by atoms with Gasteiger partial charge >= 0.3 is 0 Å². The highest BCUT2D eigenvalue weighted by atomic mass is 16.5. The van der Waals surface area contributed by atoms with Gasteiger partial charge in [0.1, 0.15) is 5.75 Å². The summed E-state index contributed by atoms with van der Waals surface area (Å²) in [5.74, 6) is 1.05. The number of nitrogens with zero attached hydrogens (tertiary/aromatic N) is 1. The molecule has 1 aromatic carbocycles. The van der Waals surface area contributed by atoms with Crippen molar-refractivity contribution in [3.05, 3.63) is 24.3 Å². The monoisotopic (exact) mass is 260 g/mol. The van der Waals surface area contributed by atoms with Gasteiger partial charge in [0.15, 0.2) is 0 Å². The molecule has 1 aliphatic carbocycles. The molecule has 1 N–H and O–H groups in total. The third-order valence-corrected chi connectivity index (χ3v) is 3.90. The van der Waals surface area contributed by atoms with Crippen LogP contribution in [0.5, 0.6) is 5.75 Å². The second kappa shape index (κ2) is 6.29. The Kier molecular flexibility index (Phi) is 4.23. The molecule has 1 heterocycles. The molecule has 1 aromatic rings. The Labute approximate surface area is 115 Å². The predicted molar refractivity (Wildman–Crippen MR) is 79.0 cm³/mol. The standard InChI is InChI=1S/C16H24N2O/c1-2-7-16-15(6-1)18(12-5-13-19-16)11-4-3-10-17-14-8-9-14/h1-2,6-7,14,17H,3-5,8-13H2. The lowest BCUT2D eigenvalue weighted by atomic mass is 10.2. The van der Waals surface area contributed by atoms with Crippen molar-refractivity contribution in [2.75, 3.05) is 31.1 Å². The molecule has 104 valence electrons. The molecule has 3 nitrogen and oxygen atoms in total. The van der Waals surface area contributed by atoms with Crippen LogP contribution < -0.4 is 15.0 Å². The highest BCUT2D eigenvalue weighted by Gasteiger charge is 2.19. The summed E-state index contributed by atoms with van der Waals surface area (Å²) in [5.41, 5.74) is 1.27. The molecular formula is C16H24N2O. The van der Waals surface area contributed by atoms with Gasteiger partial charge in [-0.1, -0.05) is 12.1 Å². The van der Waals surface area contributed by atoms with Crippen molar-refractivity contribution in [1.82, 2.24) is 5.32 Å². The van der Waals surface area contributed by atoms with Crippen molar-refractivity contribution in [1.29, 1.82) is 0 Å². The van der Waals surface area contributed by atoms with Crippen LogP contribution in [0.25, 0.3) is 0 Å². The lowest BCUT2D eigenvalue weighted by Gasteiger charge is -2.23. The first kappa shape index (κ1) is 12.8. The smallest absolute Gasteiger partial charge is 0.142 e. The fourth-order valence-corrected chi connectivity index (χ4v) is 2.65. The summed E-state index contributed by atoms with van der Waals surface area (Å²) >= 11 is 0. The fraction of sp³-hybridized carbons (Fsp3) is 0.625. The van der Waals surface area contributed by atoms with Crippen LogP contribution in [0.2, 0.25) is 0 Å². The molecule has 19 heavy (non-hydrogen) atoms. The van der Waals surface area contributed by atoms with E-state index in [0.717, 1.165) is 37.9 Å². The highest BCUT2D eigenvalue weighted by molar-refractivity contribution is 5.58. The van der Waals surface area contributed by atoms with E-state index in [1.807, 2.05) is 0 Å². The van der Waals surface area contributed by atoms with Gasteiger partial charge in [0.25, 0.3) is 0 Å². The Bertz CT molecular complexity index is 403. The van der Waals surface area contributed by atoms with E-state index in [-0.39, 0.29) is 0 Å². The normalized spacial score (nSPS) is 18.6. The van der Waals surface area contributed by atoms with Gasteiger partial charge in [-0.3, -0.25) is 0 Å². The topological polar surface area (TPSA) is 24.5 Å². The van der Waals surface area contributed by atoms with E-state index in [1.165, 1.54) is 37.9 Å². The zero-order valence-electron chi connectivity index (χ0n) is 11.6. The molecule has 0 bridgehead atoms. The van der Waals surface area contributed by atoms with Gasteiger partial charge in [-0.15, -0.1) is 0 Å². The summed E-state index contributed by atoms with van der Waals surface area (Å²) in [6, 6.07) is 9.27. The molecule has 1 fully saturated rings. The van der Waals surface area contributed by atoms with E-state index >= 15 is 0 Å². The van der Waals surface area contributed by atoms with Crippen LogP contribution in [0, 0.1) is 0 Å². The van der Waals surface area contributed by atoms with Crippen LogP contribution in [0.1, 0.15) is 32.1 Å². The fourth-order valence-electron chi connectivity index (χ4n) is 2.65. The number of rotatable bonds is 6. The zero-order chi connectivity index (χ0) is 12.9. The van der Waals surface area contributed by atoms with Crippen molar-refractivity contribution in [2.24, 2.45) is 0 Å². The molecule has 0 atom stereocenters. The van der Waals surface area contributed by atoms with E-state index in [4.69, 9.17) is 4.74 Å². The molecule has 1 saturated carbocycles. The van der Waals surface area contributed by atoms with Gasteiger partial charge in [-0.25, -0.2) is 0 Å². The van der Waals surface area contributed by atoms with Crippen molar-refractivity contribution >= 4 is 5.69 Å². The molecule has 3 rings (SSSR count). The van der Waals surface area contributed by atoms with E-state index < -0.39 is 0 Å². The number of anilines is 1. The van der Waals surface area contributed by atoms with Crippen molar-refractivity contribution < 1.29 is 4.74 Å². The molecular weight excluding hydrogens is 236 g/mol. The van der Waals surface area contributed by atoms with Crippen LogP contribution in [-0.4, -0.2) is 32.3 Å². The molecule has 0 saturated heterocycles. The maximum absolute atomic E-state index is 5.79. The number of unbranched alkanes of at least 4 members (excludes halogenated alkanes) is 1. The van der Waals surface area contributed by atoms with Gasteiger partial charge in [-0.05, 0) is 50.8 Å². The second-order valence-corrected chi connectivity index (χ2v) is 5.59. The number of para-hydroxylation sites is 2. The molecule has 0 spiro atoms. The average molecular weight is 260 g/mol. The van der Waals surface area contributed by atoms with Gasteiger partial charge in [0.2, 0.25) is 0 Å². The Morgan fingerprint density at radius 1 is 1.21 bits per heavy atom. The van der Waals surface area contributed by atoms with Crippen LogP contribution in [-0.2, 0) is 0 Å². The lowest BCUT2D eigenvalue weighted by Crippen LogP contribution is -2.26.